The third-order valence-electron chi connectivity index (χ3n) is 8.13. The molecule has 0 bridgehead atoms. The van der Waals surface area contributed by atoms with E-state index in [0.29, 0.717) is 30.9 Å². The molecule has 1 aromatic carbocycles. The molecule has 0 radical (unpaired) electrons. The number of fused-ring (bicyclic) bond motifs is 1. The Bertz CT molecular complexity index is 817. The van der Waals surface area contributed by atoms with E-state index in [0.717, 1.165) is 37.7 Å². The summed E-state index contributed by atoms with van der Waals surface area (Å²) in [7, 11) is 0. The van der Waals surface area contributed by atoms with Gasteiger partial charge in [0.05, 0.1) is 11.7 Å². The van der Waals surface area contributed by atoms with E-state index in [1.165, 1.54) is 11.1 Å². The first kappa shape index (κ1) is 21.3. The van der Waals surface area contributed by atoms with Gasteiger partial charge in [0.15, 0.2) is 0 Å². The molecular formula is C26H35NO3. The number of cyclic esters (lactones) is 1. The zero-order valence-corrected chi connectivity index (χ0v) is 18.3. The lowest BCUT2D eigenvalue weighted by atomic mass is 9.50. The average molecular weight is 410 g/mol. The number of aliphatic hydroxyl groups is 1. The molecule has 0 saturated heterocycles. The van der Waals surface area contributed by atoms with Crippen molar-refractivity contribution in [3.8, 4) is 0 Å². The molecule has 4 nitrogen and oxygen atoms in total. The first-order valence-corrected chi connectivity index (χ1v) is 11.4. The van der Waals surface area contributed by atoms with Gasteiger partial charge in [-0.15, -0.1) is 0 Å². The van der Waals surface area contributed by atoms with E-state index in [2.05, 4.69) is 37.9 Å². The summed E-state index contributed by atoms with van der Waals surface area (Å²) < 4.78 is 5.25. The van der Waals surface area contributed by atoms with Crippen LogP contribution < -0.4 is 5.32 Å². The molecule has 1 heterocycles. The van der Waals surface area contributed by atoms with E-state index < -0.39 is 0 Å². The summed E-state index contributed by atoms with van der Waals surface area (Å²) >= 11 is 0. The quantitative estimate of drug-likeness (QED) is 0.540. The number of carbonyl (C=O) groups excluding carboxylic acids is 1. The standard InChI is InChI=1S/C26H35NO3/c1-17-9-10-21-18(2)24(28)11-13-26(21,3)22(17)15-23(20-12-14-30-25(20)29)27-16-19-7-5-4-6-8-19/h4-8,12,18,21-24,27-28H,1,9-11,13-16H2,2-3H3/t18-,21?,22-,23?,24?,26+/m1/s1. The number of ether oxygens (including phenoxy) is 1. The minimum atomic E-state index is -0.199. The van der Waals surface area contributed by atoms with Gasteiger partial charge in [-0.3, -0.25) is 0 Å². The van der Waals surface area contributed by atoms with Gasteiger partial charge in [0.1, 0.15) is 6.61 Å². The molecule has 0 aromatic heterocycles. The molecule has 0 spiro atoms. The van der Waals surface area contributed by atoms with Crippen molar-refractivity contribution in [2.24, 2.45) is 23.2 Å². The molecule has 2 N–H and O–H groups in total. The van der Waals surface area contributed by atoms with Crippen LogP contribution in [0.25, 0.3) is 0 Å². The molecule has 4 heteroatoms. The van der Waals surface area contributed by atoms with Crippen molar-refractivity contribution in [3.63, 3.8) is 0 Å². The Morgan fingerprint density at radius 1 is 1.30 bits per heavy atom. The topological polar surface area (TPSA) is 58.6 Å². The van der Waals surface area contributed by atoms with Crippen molar-refractivity contribution in [3.05, 3.63) is 59.7 Å². The van der Waals surface area contributed by atoms with Gasteiger partial charge in [-0.25, -0.2) is 4.79 Å². The summed E-state index contributed by atoms with van der Waals surface area (Å²) in [6.45, 7) is 10.1. The Hall–Kier alpha value is -1.91. The van der Waals surface area contributed by atoms with Crippen molar-refractivity contribution in [1.29, 1.82) is 0 Å². The molecule has 0 amide bonds. The fourth-order valence-corrected chi connectivity index (χ4v) is 6.27. The highest BCUT2D eigenvalue weighted by atomic mass is 16.5. The van der Waals surface area contributed by atoms with E-state index in [1.807, 2.05) is 24.3 Å². The Morgan fingerprint density at radius 2 is 2.07 bits per heavy atom. The van der Waals surface area contributed by atoms with Gasteiger partial charge in [0, 0.05) is 12.6 Å². The lowest BCUT2D eigenvalue weighted by molar-refractivity contribution is -0.136. The lowest BCUT2D eigenvalue weighted by Crippen LogP contribution is -2.51. The van der Waals surface area contributed by atoms with Crippen LogP contribution in [0.1, 0.15) is 51.5 Å². The first-order valence-electron chi connectivity index (χ1n) is 11.4. The predicted octanol–water partition coefficient (Wildman–Crippen LogP) is 4.40. The second-order valence-electron chi connectivity index (χ2n) is 9.74. The van der Waals surface area contributed by atoms with Crippen molar-refractivity contribution >= 4 is 5.97 Å². The molecule has 4 rings (SSSR count). The Labute approximate surface area is 180 Å². The van der Waals surface area contributed by atoms with Crippen LogP contribution in [0, 0.1) is 23.2 Å². The van der Waals surface area contributed by atoms with Crippen LogP contribution in [0.3, 0.4) is 0 Å². The minimum Gasteiger partial charge on any atom is -0.458 e. The van der Waals surface area contributed by atoms with Crippen LogP contribution in [0.2, 0.25) is 0 Å². The molecule has 6 atom stereocenters. The number of rotatable bonds is 6. The van der Waals surface area contributed by atoms with E-state index in [1.54, 1.807) is 0 Å². The third kappa shape index (κ3) is 4.00. The largest absolute Gasteiger partial charge is 0.458 e. The lowest BCUT2D eigenvalue weighted by Gasteiger charge is -2.56. The maximum absolute atomic E-state index is 12.4. The number of hydrogen-bond acceptors (Lipinski definition) is 4. The fourth-order valence-electron chi connectivity index (χ4n) is 6.27. The molecule has 2 fully saturated rings. The second-order valence-corrected chi connectivity index (χ2v) is 9.74. The zero-order valence-electron chi connectivity index (χ0n) is 18.3. The van der Waals surface area contributed by atoms with Crippen molar-refractivity contribution in [2.45, 2.75) is 64.6 Å². The highest BCUT2D eigenvalue weighted by Gasteiger charge is 2.51. The van der Waals surface area contributed by atoms with Gasteiger partial charge in [-0.05, 0) is 66.9 Å². The van der Waals surface area contributed by atoms with Gasteiger partial charge < -0.3 is 15.2 Å². The summed E-state index contributed by atoms with van der Waals surface area (Å²) in [5.74, 6) is 0.937. The van der Waals surface area contributed by atoms with Gasteiger partial charge >= 0.3 is 5.97 Å². The van der Waals surface area contributed by atoms with Crippen LogP contribution in [-0.2, 0) is 16.1 Å². The second kappa shape index (κ2) is 8.68. The Balaban J connectivity index is 1.57. The third-order valence-corrected chi connectivity index (χ3v) is 8.13. The number of aliphatic hydroxyl groups excluding tert-OH is 1. The van der Waals surface area contributed by atoms with Gasteiger partial charge in [0.25, 0.3) is 0 Å². The van der Waals surface area contributed by atoms with Crippen molar-refractivity contribution < 1.29 is 14.6 Å². The average Bonchev–Trinajstić information content (AvgIpc) is 3.17. The Morgan fingerprint density at radius 3 is 2.77 bits per heavy atom. The summed E-state index contributed by atoms with van der Waals surface area (Å²) in [6, 6.07) is 10.2. The number of allylic oxidation sites excluding steroid dienone is 1. The van der Waals surface area contributed by atoms with Gasteiger partial charge in [-0.1, -0.05) is 56.3 Å². The molecular weight excluding hydrogens is 374 g/mol. The normalized spacial score (nSPS) is 34.8. The summed E-state index contributed by atoms with van der Waals surface area (Å²) in [6.07, 6.45) is 6.57. The maximum atomic E-state index is 12.4. The minimum absolute atomic E-state index is 0.0558. The van der Waals surface area contributed by atoms with E-state index in [4.69, 9.17) is 4.74 Å². The number of carbonyl (C=O) groups is 1. The molecule has 2 aliphatic carbocycles. The molecule has 1 aliphatic heterocycles. The number of hydrogen-bond donors (Lipinski definition) is 2. The highest BCUT2D eigenvalue weighted by molar-refractivity contribution is 5.91. The van der Waals surface area contributed by atoms with Crippen LogP contribution in [-0.4, -0.2) is 29.8 Å². The SMILES string of the molecule is C=C1CCC2[C@@H](C)C(O)CC[C@]2(C)[C@@H]1CC(NCc1ccccc1)C1=CCOC1=O. The smallest absolute Gasteiger partial charge is 0.335 e. The van der Waals surface area contributed by atoms with Crippen molar-refractivity contribution in [1.82, 2.24) is 5.32 Å². The number of esters is 1. The molecule has 162 valence electrons. The van der Waals surface area contributed by atoms with Crippen LogP contribution >= 0.6 is 0 Å². The summed E-state index contributed by atoms with van der Waals surface area (Å²) in [4.78, 5) is 12.4. The van der Waals surface area contributed by atoms with E-state index >= 15 is 0 Å². The zero-order chi connectivity index (χ0) is 21.3. The first-order chi connectivity index (χ1) is 14.4. The number of benzene rings is 1. The molecule has 30 heavy (non-hydrogen) atoms. The molecule has 1 aromatic rings. The monoisotopic (exact) mass is 409 g/mol. The fraction of sp³-hybridized carbons (Fsp3) is 0.577. The predicted molar refractivity (Wildman–Crippen MR) is 119 cm³/mol. The van der Waals surface area contributed by atoms with Crippen LogP contribution in [0.5, 0.6) is 0 Å². The molecule has 3 unspecified atom stereocenters. The van der Waals surface area contributed by atoms with Gasteiger partial charge in [0.2, 0.25) is 0 Å². The van der Waals surface area contributed by atoms with E-state index in [-0.39, 0.29) is 23.5 Å². The van der Waals surface area contributed by atoms with E-state index in [9.17, 15) is 9.90 Å². The molecule has 2 saturated carbocycles. The highest BCUT2D eigenvalue weighted by Crippen LogP contribution is 2.58. The summed E-state index contributed by atoms with van der Waals surface area (Å²) in [5, 5.41) is 14.1. The van der Waals surface area contributed by atoms with Crippen LogP contribution in [0.15, 0.2) is 54.1 Å². The van der Waals surface area contributed by atoms with Gasteiger partial charge in [-0.2, -0.15) is 0 Å². The Kier molecular flexibility index (Phi) is 6.17. The van der Waals surface area contributed by atoms with Crippen LogP contribution in [0.4, 0.5) is 0 Å². The number of nitrogens with one attached hydrogen (secondary N) is 1. The maximum Gasteiger partial charge on any atom is 0.335 e. The summed E-state index contributed by atoms with van der Waals surface area (Å²) in [5.41, 5.74) is 3.38. The molecule has 3 aliphatic rings. The van der Waals surface area contributed by atoms with Crippen molar-refractivity contribution in [2.75, 3.05) is 6.61 Å².